The summed E-state index contributed by atoms with van der Waals surface area (Å²) in [6, 6.07) is 45.3. The molecule has 2 heterocycles. The van der Waals surface area contributed by atoms with E-state index in [4.69, 9.17) is 4.42 Å². The quantitative estimate of drug-likeness (QED) is 0.244. The highest BCUT2D eigenvalue weighted by molar-refractivity contribution is 7.26. The van der Waals surface area contributed by atoms with E-state index in [1.807, 2.05) is 11.3 Å². The van der Waals surface area contributed by atoms with Gasteiger partial charge in [-0.2, -0.15) is 0 Å². The monoisotopic (exact) mass is 491 g/mol. The van der Waals surface area contributed by atoms with Gasteiger partial charge in [-0.15, -0.1) is 11.3 Å². The molecular formula is C34H21NOS. The number of benzene rings is 6. The third kappa shape index (κ3) is 3.11. The highest BCUT2D eigenvalue weighted by Crippen LogP contribution is 2.45. The molecule has 0 unspecified atom stereocenters. The summed E-state index contributed by atoms with van der Waals surface area (Å²) in [5.41, 5.74) is 5.28. The molecule has 0 radical (unpaired) electrons. The van der Waals surface area contributed by atoms with E-state index < -0.39 is 0 Å². The molecule has 0 N–H and O–H groups in total. The number of hydrogen-bond donors (Lipinski definition) is 0. The molecule has 0 aliphatic rings. The van der Waals surface area contributed by atoms with Crippen molar-refractivity contribution in [3.05, 3.63) is 127 Å². The molecule has 0 atom stereocenters. The van der Waals surface area contributed by atoms with Crippen LogP contribution in [-0.2, 0) is 0 Å². The number of para-hydroxylation sites is 1. The Hall–Kier alpha value is -4.60. The molecule has 0 saturated heterocycles. The van der Waals surface area contributed by atoms with E-state index in [0.29, 0.717) is 0 Å². The number of fused-ring (bicyclic) bond motifs is 8. The van der Waals surface area contributed by atoms with Crippen molar-refractivity contribution >= 4 is 81.3 Å². The zero-order valence-electron chi connectivity index (χ0n) is 19.9. The Kier molecular flexibility index (Phi) is 4.42. The van der Waals surface area contributed by atoms with Crippen molar-refractivity contribution < 1.29 is 4.42 Å². The molecule has 0 saturated carbocycles. The Bertz CT molecular complexity index is 2100. The molecule has 3 heteroatoms. The molecule has 2 aromatic heterocycles. The Morgan fingerprint density at radius 3 is 2.22 bits per heavy atom. The van der Waals surface area contributed by atoms with E-state index in [1.54, 1.807) is 0 Å². The zero-order valence-corrected chi connectivity index (χ0v) is 20.7. The fourth-order valence-electron chi connectivity index (χ4n) is 5.54. The molecule has 0 aliphatic carbocycles. The van der Waals surface area contributed by atoms with Gasteiger partial charge >= 0.3 is 0 Å². The minimum Gasteiger partial charge on any atom is -0.455 e. The molecule has 8 aromatic rings. The van der Waals surface area contributed by atoms with E-state index in [2.05, 4.69) is 132 Å². The largest absolute Gasteiger partial charge is 0.455 e. The minimum atomic E-state index is 0.906. The molecular weight excluding hydrogens is 470 g/mol. The van der Waals surface area contributed by atoms with Gasteiger partial charge in [0, 0.05) is 43.0 Å². The van der Waals surface area contributed by atoms with Crippen LogP contribution in [-0.4, -0.2) is 0 Å². The second kappa shape index (κ2) is 7.95. The van der Waals surface area contributed by atoms with Gasteiger partial charge in [0.05, 0.1) is 10.4 Å². The predicted molar refractivity (Wildman–Crippen MR) is 159 cm³/mol. The van der Waals surface area contributed by atoms with Crippen LogP contribution >= 0.6 is 11.3 Å². The highest BCUT2D eigenvalue weighted by atomic mass is 32.1. The van der Waals surface area contributed by atoms with E-state index in [9.17, 15) is 0 Å². The van der Waals surface area contributed by atoms with Crippen molar-refractivity contribution in [3.8, 4) is 0 Å². The summed E-state index contributed by atoms with van der Waals surface area (Å²) >= 11 is 1.86. The van der Waals surface area contributed by atoms with Crippen LogP contribution in [0.3, 0.4) is 0 Å². The fraction of sp³-hybridized carbons (Fsp3) is 0. The lowest BCUT2D eigenvalue weighted by Crippen LogP contribution is -2.09. The molecule has 0 bridgehead atoms. The molecule has 8 rings (SSSR count). The van der Waals surface area contributed by atoms with Gasteiger partial charge in [0.15, 0.2) is 0 Å². The molecule has 174 valence electrons. The molecule has 0 spiro atoms. The number of anilines is 3. The lowest BCUT2D eigenvalue weighted by molar-refractivity contribution is 0.672. The van der Waals surface area contributed by atoms with Crippen molar-refractivity contribution in [1.82, 2.24) is 0 Å². The Labute approximate surface area is 217 Å². The molecule has 0 aliphatic heterocycles. The van der Waals surface area contributed by atoms with Crippen molar-refractivity contribution in [3.63, 3.8) is 0 Å². The molecule has 2 nitrogen and oxygen atoms in total. The van der Waals surface area contributed by atoms with Gasteiger partial charge in [-0.1, -0.05) is 78.9 Å². The number of furan rings is 1. The summed E-state index contributed by atoms with van der Waals surface area (Å²) in [7, 11) is 0. The van der Waals surface area contributed by atoms with E-state index in [1.165, 1.54) is 31.2 Å². The number of hydrogen-bond acceptors (Lipinski definition) is 3. The third-order valence-corrected chi connectivity index (χ3v) is 8.45. The number of nitrogens with zero attached hydrogens (tertiary/aromatic N) is 1. The standard InChI is InChI=1S/C34H21NOS/c1-2-10-23(11-3-1)35(30-15-8-14-28-26-13-6-7-16-32(26)37-34(28)30)24-18-20-31-29(21-24)27-19-17-22-9-4-5-12-25(22)33(27)36-31/h1-21H. The van der Waals surface area contributed by atoms with Crippen molar-refractivity contribution in [2.75, 3.05) is 4.90 Å². The lowest BCUT2D eigenvalue weighted by Gasteiger charge is -2.26. The van der Waals surface area contributed by atoms with Crippen molar-refractivity contribution in [2.45, 2.75) is 0 Å². The van der Waals surface area contributed by atoms with Crippen molar-refractivity contribution in [2.24, 2.45) is 0 Å². The average molecular weight is 492 g/mol. The van der Waals surface area contributed by atoms with Crippen molar-refractivity contribution in [1.29, 1.82) is 0 Å². The Balaban J connectivity index is 1.41. The first-order valence-electron chi connectivity index (χ1n) is 12.4. The molecule has 0 fully saturated rings. The topological polar surface area (TPSA) is 16.4 Å². The second-order valence-electron chi connectivity index (χ2n) is 9.37. The van der Waals surface area contributed by atoms with Crippen LogP contribution in [0.4, 0.5) is 17.1 Å². The molecule has 6 aromatic carbocycles. The third-order valence-electron chi connectivity index (χ3n) is 7.24. The molecule has 37 heavy (non-hydrogen) atoms. The lowest BCUT2D eigenvalue weighted by atomic mass is 10.1. The van der Waals surface area contributed by atoms with Crippen LogP contribution in [0, 0.1) is 0 Å². The maximum absolute atomic E-state index is 6.41. The van der Waals surface area contributed by atoms with Gasteiger partial charge < -0.3 is 9.32 Å². The smallest absolute Gasteiger partial charge is 0.143 e. The van der Waals surface area contributed by atoms with Crippen LogP contribution < -0.4 is 4.90 Å². The summed E-state index contributed by atoms with van der Waals surface area (Å²) in [4.78, 5) is 2.37. The summed E-state index contributed by atoms with van der Waals surface area (Å²) in [6.45, 7) is 0. The van der Waals surface area contributed by atoms with Crippen LogP contribution in [0.1, 0.15) is 0 Å². The zero-order chi connectivity index (χ0) is 24.3. The van der Waals surface area contributed by atoms with Gasteiger partial charge in [0.25, 0.3) is 0 Å². The van der Waals surface area contributed by atoms with Crippen LogP contribution in [0.15, 0.2) is 132 Å². The van der Waals surface area contributed by atoms with E-state index in [-0.39, 0.29) is 0 Å². The van der Waals surface area contributed by atoms with Crippen LogP contribution in [0.5, 0.6) is 0 Å². The summed E-state index contributed by atoms with van der Waals surface area (Å²) in [5.74, 6) is 0. The highest BCUT2D eigenvalue weighted by Gasteiger charge is 2.19. The van der Waals surface area contributed by atoms with Crippen LogP contribution in [0.2, 0.25) is 0 Å². The summed E-state index contributed by atoms with van der Waals surface area (Å²) in [6.07, 6.45) is 0. The van der Waals surface area contributed by atoms with E-state index >= 15 is 0 Å². The Morgan fingerprint density at radius 2 is 1.30 bits per heavy atom. The number of rotatable bonds is 3. The van der Waals surface area contributed by atoms with Gasteiger partial charge in [-0.3, -0.25) is 0 Å². The second-order valence-corrected chi connectivity index (χ2v) is 10.4. The first-order valence-corrected chi connectivity index (χ1v) is 13.3. The SMILES string of the molecule is c1ccc(N(c2ccc3oc4c5ccccc5ccc4c3c2)c2cccc3c2sc2ccccc23)cc1. The fourth-order valence-corrected chi connectivity index (χ4v) is 6.75. The minimum absolute atomic E-state index is 0.906. The van der Waals surface area contributed by atoms with Gasteiger partial charge in [0.1, 0.15) is 11.2 Å². The number of thiophene rings is 1. The van der Waals surface area contributed by atoms with Gasteiger partial charge in [-0.25, -0.2) is 0 Å². The van der Waals surface area contributed by atoms with Gasteiger partial charge in [0.2, 0.25) is 0 Å². The normalized spacial score (nSPS) is 11.8. The predicted octanol–water partition coefficient (Wildman–Crippen LogP) is 10.6. The first kappa shape index (κ1) is 20.6. The average Bonchev–Trinajstić information content (AvgIpc) is 3.53. The van der Waals surface area contributed by atoms with Crippen LogP contribution in [0.25, 0.3) is 52.9 Å². The van der Waals surface area contributed by atoms with E-state index in [0.717, 1.165) is 38.7 Å². The molecule has 0 amide bonds. The Morgan fingerprint density at radius 1 is 0.514 bits per heavy atom. The summed E-state index contributed by atoms with van der Waals surface area (Å²) in [5, 5.41) is 7.21. The first-order chi connectivity index (χ1) is 18.3. The maximum Gasteiger partial charge on any atom is 0.143 e. The maximum atomic E-state index is 6.41. The van der Waals surface area contributed by atoms with Gasteiger partial charge in [-0.05, 0) is 53.9 Å². The summed E-state index contributed by atoms with van der Waals surface area (Å²) < 4.78 is 9.00.